The van der Waals surface area contributed by atoms with Crippen LogP contribution in [0.2, 0.25) is 0 Å². The first kappa shape index (κ1) is 15.0. The monoisotopic (exact) mass is 333 g/mol. The average molecular weight is 333 g/mol. The highest BCUT2D eigenvalue weighted by atomic mass is 16.5. The molecule has 8 nitrogen and oxygen atoms in total. The largest absolute Gasteiger partial charge is 0.497 e. The number of hydrogen-bond donors (Lipinski definition) is 1. The Hall–Kier alpha value is -3.55. The van der Waals surface area contributed by atoms with Gasteiger partial charge in [0.05, 0.1) is 25.2 Å². The molecule has 3 heterocycles. The molecule has 0 radical (unpaired) electrons. The Labute approximate surface area is 143 Å². The zero-order chi connectivity index (χ0) is 17.2. The van der Waals surface area contributed by atoms with Gasteiger partial charge in [-0.25, -0.2) is 15.0 Å². The molecule has 0 saturated heterocycles. The van der Waals surface area contributed by atoms with Crippen molar-refractivity contribution in [3.8, 4) is 17.3 Å². The number of anilines is 1. The van der Waals surface area contributed by atoms with Crippen LogP contribution < -0.4 is 10.5 Å². The fourth-order valence-electron chi connectivity index (χ4n) is 2.54. The van der Waals surface area contributed by atoms with Gasteiger partial charge in [-0.15, -0.1) is 0 Å². The lowest BCUT2D eigenvalue weighted by atomic mass is 10.2. The summed E-state index contributed by atoms with van der Waals surface area (Å²) in [5.41, 5.74) is 8.22. The van der Waals surface area contributed by atoms with Crippen LogP contribution in [-0.2, 0) is 6.54 Å². The Morgan fingerprint density at radius 3 is 2.92 bits per heavy atom. The van der Waals surface area contributed by atoms with Crippen LogP contribution in [0.4, 0.5) is 5.82 Å². The number of hydrogen-bond acceptors (Lipinski definition) is 7. The molecule has 0 aliphatic rings. The smallest absolute Gasteiger partial charge is 0.187 e. The third kappa shape index (κ3) is 2.97. The summed E-state index contributed by atoms with van der Waals surface area (Å²) < 4.78 is 7.03. The number of methoxy groups -OCH3 is 1. The number of rotatable bonds is 4. The topological polar surface area (TPSA) is 105 Å². The molecule has 0 aliphatic heterocycles. The maximum atomic E-state index is 6.07. The van der Waals surface area contributed by atoms with Gasteiger partial charge >= 0.3 is 0 Å². The quantitative estimate of drug-likeness (QED) is 0.608. The van der Waals surface area contributed by atoms with Crippen LogP contribution in [0, 0.1) is 0 Å². The van der Waals surface area contributed by atoms with Crippen LogP contribution >= 0.6 is 0 Å². The Bertz CT molecular complexity index is 1030. The molecule has 0 atom stereocenters. The summed E-state index contributed by atoms with van der Waals surface area (Å²) in [6.07, 6.45) is 6.60. The molecule has 4 rings (SSSR count). The molecule has 1 aromatic carbocycles. The van der Waals surface area contributed by atoms with Gasteiger partial charge in [0.1, 0.15) is 17.3 Å². The van der Waals surface area contributed by atoms with Crippen LogP contribution in [0.3, 0.4) is 0 Å². The molecule has 0 saturated carbocycles. The molecule has 8 heteroatoms. The lowest BCUT2D eigenvalue weighted by Gasteiger charge is -2.04. The normalized spacial score (nSPS) is 10.9. The van der Waals surface area contributed by atoms with Gasteiger partial charge < -0.3 is 10.5 Å². The van der Waals surface area contributed by atoms with Gasteiger partial charge in [0.15, 0.2) is 11.5 Å². The molecule has 0 unspecified atom stereocenters. The molecule has 3 aromatic heterocycles. The number of nitrogen functional groups attached to an aromatic ring is 1. The van der Waals surface area contributed by atoms with Gasteiger partial charge in [0.2, 0.25) is 0 Å². The molecule has 0 fully saturated rings. The minimum absolute atomic E-state index is 0.363. The summed E-state index contributed by atoms with van der Waals surface area (Å²) in [5.74, 6) is 1.57. The van der Waals surface area contributed by atoms with E-state index in [2.05, 4.69) is 25.0 Å². The molecule has 0 aliphatic carbocycles. The average Bonchev–Trinajstić information content (AvgIpc) is 3.05. The van der Waals surface area contributed by atoms with Crippen LogP contribution in [0.15, 0.2) is 49.1 Å². The van der Waals surface area contributed by atoms with E-state index >= 15 is 0 Å². The van der Waals surface area contributed by atoms with Crippen LogP contribution in [0.5, 0.6) is 5.75 Å². The van der Waals surface area contributed by atoms with Crippen LogP contribution in [-0.4, -0.2) is 36.8 Å². The molecular weight excluding hydrogens is 318 g/mol. The zero-order valence-electron chi connectivity index (χ0n) is 13.5. The van der Waals surface area contributed by atoms with E-state index in [9.17, 15) is 0 Å². The molecule has 0 spiro atoms. The Morgan fingerprint density at radius 2 is 2.12 bits per heavy atom. The summed E-state index contributed by atoms with van der Waals surface area (Å²) in [5, 5.41) is 5.21. The molecule has 25 heavy (non-hydrogen) atoms. The summed E-state index contributed by atoms with van der Waals surface area (Å²) in [7, 11) is 1.64. The highest BCUT2D eigenvalue weighted by Gasteiger charge is 2.12. The predicted molar refractivity (Wildman–Crippen MR) is 92.9 cm³/mol. The first-order chi connectivity index (χ1) is 12.2. The van der Waals surface area contributed by atoms with Gasteiger partial charge in [-0.05, 0) is 17.7 Å². The Balaban J connectivity index is 1.71. The number of aromatic nitrogens is 6. The predicted octanol–water partition coefficient (Wildman–Crippen LogP) is 1.92. The van der Waals surface area contributed by atoms with E-state index < -0.39 is 0 Å². The second kappa shape index (κ2) is 6.16. The van der Waals surface area contributed by atoms with Crippen molar-refractivity contribution in [3.05, 3.63) is 54.6 Å². The van der Waals surface area contributed by atoms with E-state index in [-0.39, 0.29) is 0 Å². The summed E-state index contributed by atoms with van der Waals surface area (Å²) in [6.45, 7) is 0.577. The van der Waals surface area contributed by atoms with E-state index in [1.807, 2.05) is 30.5 Å². The molecule has 0 amide bonds. The minimum atomic E-state index is 0.363. The zero-order valence-corrected chi connectivity index (χ0v) is 13.5. The standard InChI is InChI=1S/C17H15N7O/c1-25-12-4-2-3-11(7-12)9-24-10-13-15(18)21-17(22-16(13)23-24)14-8-19-5-6-20-14/h2-8,10H,9H2,1H3,(H2,18,21,22,23). The molecule has 0 bridgehead atoms. The van der Waals surface area contributed by atoms with Crippen molar-refractivity contribution in [2.75, 3.05) is 12.8 Å². The van der Waals surface area contributed by atoms with Gasteiger partial charge in [-0.3, -0.25) is 9.67 Å². The van der Waals surface area contributed by atoms with Gasteiger partial charge in [-0.1, -0.05) is 12.1 Å². The lowest BCUT2D eigenvalue weighted by Crippen LogP contribution is -2.00. The summed E-state index contributed by atoms with van der Waals surface area (Å²) in [4.78, 5) is 17.0. The molecule has 4 aromatic rings. The first-order valence-corrected chi connectivity index (χ1v) is 7.63. The highest BCUT2D eigenvalue weighted by Crippen LogP contribution is 2.21. The number of ether oxygens (including phenoxy) is 1. The molecule has 124 valence electrons. The van der Waals surface area contributed by atoms with Crippen molar-refractivity contribution >= 4 is 16.9 Å². The third-order valence-corrected chi connectivity index (χ3v) is 3.73. The second-order valence-electron chi connectivity index (χ2n) is 5.44. The van der Waals surface area contributed by atoms with E-state index in [0.29, 0.717) is 34.9 Å². The van der Waals surface area contributed by atoms with Gasteiger partial charge in [0, 0.05) is 18.6 Å². The Morgan fingerprint density at radius 1 is 1.20 bits per heavy atom. The van der Waals surface area contributed by atoms with Crippen LogP contribution in [0.1, 0.15) is 5.56 Å². The van der Waals surface area contributed by atoms with E-state index in [1.165, 1.54) is 0 Å². The van der Waals surface area contributed by atoms with Crippen molar-refractivity contribution in [1.82, 2.24) is 29.7 Å². The maximum absolute atomic E-state index is 6.07. The number of nitrogens with zero attached hydrogens (tertiary/aromatic N) is 6. The summed E-state index contributed by atoms with van der Waals surface area (Å²) >= 11 is 0. The van der Waals surface area contributed by atoms with Crippen molar-refractivity contribution in [2.24, 2.45) is 0 Å². The first-order valence-electron chi connectivity index (χ1n) is 7.63. The van der Waals surface area contributed by atoms with Crippen molar-refractivity contribution in [3.63, 3.8) is 0 Å². The van der Waals surface area contributed by atoms with E-state index in [1.54, 1.807) is 30.4 Å². The van der Waals surface area contributed by atoms with E-state index in [4.69, 9.17) is 10.5 Å². The Kier molecular flexibility index (Phi) is 3.70. The number of benzene rings is 1. The van der Waals surface area contributed by atoms with E-state index in [0.717, 1.165) is 11.3 Å². The van der Waals surface area contributed by atoms with Crippen molar-refractivity contribution in [2.45, 2.75) is 6.54 Å². The highest BCUT2D eigenvalue weighted by molar-refractivity contribution is 5.86. The molecule has 2 N–H and O–H groups in total. The number of fused-ring (bicyclic) bond motifs is 1. The van der Waals surface area contributed by atoms with Gasteiger partial charge in [-0.2, -0.15) is 5.10 Å². The fraction of sp³-hybridized carbons (Fsp3) is 0.118. The maximum Gasteiger partial charge on any atom is 0.187 e. The lowest BCUT2D eigenvalue weighted by molar-refractivity contribution is 0.414. The van der Waals surface area contributed by atoms with Gasteiger partial charge in [0.25, 0.3) is 0 Å². The van der Waals surface area contributed by atoms with Crippen molar-refractivity contribution in [1.29, 1.82) is 0 Å². The second-order valence-corrected chi connectivity index (χ2v) is 5.44. The molecular formula is C17H15N7O. The third-order valence-electron chi connectivity index (χ3n) is 3.73. The SMILES string of the molecule is COc1cccc(Cn2cc3c(N)nc(-c4cnccn4)nc3n2)c1. The van der Waals surface area contributed by atoms with Crippen molar-refractivity contribution < 1.29 is 4.74 Å². The van der Waals surface area contributed by atoms with Crippen LogP contribution in [0.25, 0.3) is 22.6 Å². The summed E-state index contributed by atoms with van der Waals surface area (Å²) in [6, 6.07) is 7.82. The number of nitrogens with two attached hydrogens (primary N) is 1. The minimum Gasteiger partial charge on any atom is -0.497 e. The fourth-order valence-corrected chi connectivity index (χ4v) is 2.54.